The van der Waals surface area contributed by atoms with Gasteiger partial charge in [-0.3, -0.25) is 4.79 Å². The first-order valence-corrected chi connectivity index (χ1v) is 8.11. The van der Waals surface area contributed by atoms with E-state index in [1.807, 2.05) is 0 Å². The van der Waals surface area contributed by atoms with Crippen molar-refractivity contribution in [2.45, 2.75) is 25.6 Å². The zero-order valence-corrected chi connectivity index (χ0v) is 15.3. The van der Waals surface area contributed by atoms with Gasteiger partial charge in [-0.15, -0.1) is 12.4 Å². The van der Waals surface area contributed by atoms with Gasteiger partial charge < -0.3 is 20.1 Å². The Morgan fingerprint density at radius 2 is 2.00 bits per heavy atom. The fraction of sp³-hybridized carbons (Fsp3) is 0.588. The Morgan fingerprint density at radius 1 is 1.31 bits per heavy atom. The molecule has 1 saturated heterocycles. The highest BCUT2D eigenvalue weighted by atomic mass is 35.5. The molecule has 1 amide bonds. The molecule has 0 spiro atoms. The Bertz CT molecular complexity index is 573. The summed E-state index contributed by atoms with van der Waals surface area (Å²) in [6.45, 7) is 0.720. The molecule has 0 bridgehead atoms. The molecule has 0 saturated carbocycles. The van der Waals surface area contributed by atoms with E-state index in [1.165, 1.54) is 12.1 Å². The monoisotopic (exact) mass is 396 g/mol. The number of methoxy groups -OCH3 is 1. The molecule has 0 radical (unpaired) electrons. The minimum atomic E-state index is -4.38. The van der Waals surface area contributed by atoms with Crippen LogP contribution in [0.5, 0.6) is 5.75 Å². The molecule has 1 heterocycles. The third-order valence-electron chi connectivity index (χ3n) is 4.22. The van der Waals surface area contributed by atoms with Crippen molar-refractivity contribution in [2.24, 2.45) is 5.41 Å². The van der Waals surface area contributed by atoms with E-state index in [0.29, 0.717) is 25.0 Å². The summed E-state index contributed by atoms with van der Waals surface area (Å²) in [5.41, 5.74) is 0.110. The van der Waals surface area contributed by atoms with Crippen LogP contribution in [0.3, 0.4) is 0 Å². The van der Waals surface area contributed by atoms with Crippen molar-refractivity contribution >= 4 is 18.3 Å². The summed E-state index contributed by atoms with van der Waals surface area (Å²) in [6, 6.07) is 6.28. The number of nitrogens with one attached hydrogen (secondary N) is 2. The van der Waals surface area contributed by atoms with Gasteiger partial charge in [-0.1, -0.05) is 12.1 Å². The molecule has 148 valence electrons. The molecule has 0 aromatic heterocycles. The van der Waals surface area contributed by atoms with Gasteiger partial charge in [0, 0.05) is 13.7 Å². The van der Waals surface area contributed by atoms with Gasteiger partial charge in [0.05, 0.1) is 12.0 Å². The molecule has 1 aromatic carbocycles. The average Bonchev–Trinajstić information content (AvgIpc) is 2.59. The quantitative estimate of drug-likeness (QED) is 0.744. The predicted molar refractivity (Wildman–Crippen MR) is 93.5 cm³/mol. The fourth-order valence-electron chi connectivity index (χ4n) is 2.90. The minimum Gasteiger partial charge on any atom is -0.484 e. The number of rotatable bonds is 7. The maximum absolute atomic E-state index is 12.6. The van der Waals surface area contributed by atoms with Crippen LogP contribution in [0.15, 0.2) is 24.3 Å². The molecule has 1 fully saturated rings. The number of carbonyl (C=O) groups excluding carboxylic acids is 1. The molecule has 9 heteroatoms. The molecule has 1 aromatic rings. The molecular formula is C17H24ClF3N2O3. The van der Waals surface area contributed by atoms with E-state index in [9.17, 15) is 18.0 Å². The van der Waals surface area contributed by atoms with Crippen LogP contribution in [-0.4, -0.2) is 45.5 Å². The maximum Gasteiger partial charge on any atom is 0.422 e. The van der Waals surface area contributed by atoms with Crippen molar-refractivity contribution in [1.82, 2.24) is 10.6 Å². The summed E-state index contributed by atoms with van der Waals surface area (Å²) in [4.78, 5) is 12.6. The number of carbonyl (C=O) groups is 1. The van der Waals surface area contributed by atoms with Gasteiger partial charge in [0.1, 0.15) is 5.75 Å². The Hall–Kier alpha value is -1.51. The number of piperidine rings is 1. The molecule has 5 nitrogen and oxygen atoms in total. The van der Waals surface area contributed by atoms with E-state index >= 15 is 0 Å². The summed E-state index contributed by atoms with van der Waals surface area (Å²) in [5, 5.41) is 6.09. The molecule has 0 atom stereocenters. The minimum absolute atomic E-state index is 0. The smallest absolute Gasteiger partial charge is 0.422 e. The Balaban J connectivity index is 0.00000338. The van der Waals surface area contributed by atoms with Crippen LogP contribution in [0.2, 0.25) is 0 Å². The van der Waals surface area contributed by atoms with Gasteiger partial charge >= 0.3 is 6.18 Å². The second-order valence-electron chi connectivity index (χ2n) is 6.20. The first-order valence-electron chi connectivity index (χ1n) is 8.11. The first-order chi connectivity index (χ1) is 11.8. The van der Waals surface area contributed by atoms with Gasteiger partial charge in [-0.05, 0) is 43.6 Å². The van der Waals surface area contributed by atoms with Crippen molar-refractivity contribution in [3.05, 3.63) is 29.8 Å². The van der Waals surface area contributed by atoms with Crippen molar-refractivity contribution in [2.75, 3.05) is 33.4 Å². The van der Waals surface area contributed by atoms with Gasteiger partial charge in [-0.2, -0.15) is 13.2 Å². The van der Waals surface area contributed by atoms with Crippen LogP contribution < -0.4 is 15.4 Å². The Kier molecular flexibility index (Phi) is 8.66. The highest BCUT2D eigenvalue weighted by Crippen LogP contribution is 2.29. The number of hydrogen-bond donors (Lipinski definition) is 2. The lowest BCUT2D eigenvalue weighted by molar-refractivity contribution is -0.153. The lowest BCUT2D eigenvalue weighted by Gasteiger charge is -2.35. The van der Waals surface area contributed by atoms with Crippen LogP contribution in [-0.2, 0) is 16.1 Å². The van der Waals surface area contributed by atoms with Crippen molar-refractivity contribution in [3.8, 4) is 5.75 Å². The third kappa shape index (κ3) is 6.66. The topological polar surface area (TPSA) is 59.6 Å². The van der Waals surface area contributed by atoms with E-state index in [2.05, 4.69) is 10.6 Å². The standard InChI is InChI=1S/C17H23F3N2O3.ClH/c1-24-11-16(5-7-21-8-6-16)15(23)22-10-13-3-2-4-14(9-13)25-12-17(18,19)20;/h2-4,9,21H,5-8,10-12H2,1H3,(H,22,23);1H. The van der Waals surface area contributed by atoms with Gasteiger partial charge in [-0.25, -0.2) is 0 Å². The zero-order chi connectivity index (χ0) is 18.3. The van der Waals surface area contributed by atoms with Crippen LogP contribution in [0.25, 0.3) is 0 Å². The molecule has 2 rings (SSSR count). The summed E-state index contributed by atoms with van der Waals surface area (Å²) < 4.78 is 46.6. The van der Waals surface area contributed by atoms with Crippen molar-refractivity contribution in [3.63, 3.8) is 0 Å². The number of halogens is 4. The number of alkyl halides is 3. The molecule has 0 unspecified atom stereocenters. The zero-order valence-electron chi connectivity index (χ0n) is 14.5. The lowest BCUT2D eigenvalue weighted by Crippen LogP contribution is -2.49. The maximum atomic E-state index is 12.6. The van der Waals surface area contributed by atoms with Crippen LogP contribution in [0.1, 0.15) is 18.4 Å². The summed E-state index contributed by atoms with van der Waals surface area (Å²) in [6.07, 6.45) is -3.02. The second-order valence-corrected chi connectivity index (χ2v) is 6.20. The third-order valence-corrected chi connectivity index (χ3v) is 4.22. The van der Waals surface area contributed by atoms with Crippen molar-refractivity contribution in [1.29, 1.82) is 0 Å². The SMILES string of the molecule is COCC1(C(=O)NCc2cccc(OCC(F)(F)F)c2)CCNCC1.Cl. The van der Waals surface area contributed by atoms with E-state index in [0.717, 1.165) is 13.1 Å². The normalized spacial score (nSPS) is 16.5. The van der Waals surface area contributed by atoms with E-state index in [4.69, 9.17) is 9.47 Å². The van der Waals surface area contributed by atoms with E-state index < -0.39 is 18.2 Å². The van der Waals surface area contributed by atoms with Gasteiger partial charge in [0.15, 0.2) is 6.61 Å². The Morgan fingerprint density at radius 3 is 2.62 bits per heavy atom. The van der Waals surface area contributed by atoms with Gasteiger partial charge in [0.2, 0.25) is 5.91 Å². The summed E-state index contributed by atoms with van der Waals surface area (Å²) in [5.74, 6) is 0.0232. The number of ether oxygens (including phenoxy) is 2. The van der Waals surface area contributed by atoms with E-state index in [-0.39, 0.29) is 30.6 Å². The molecule has 0 aliphatic carbocycles. The highest BCUT2D eigenvalue weighted by molar-refractivity contribution is 5.85. The first kappa shape index (κ1) is 22.5. The molecule has 1 aliphatic heterocycles. The predicted octanol–water partition coefficient (Wildman–Crippen LogP) is 2.68. The second kappa shape index (κ2) is 9.99. The largest absolute Gasteiger partial charge is 0.484 e. The molecule has 1 aliphatic rings. The number of benzene rings is 1. The average molecular weight is 397 g/mol. The highest BCUT2D eigenvalue weighted by Gasteiger charge is 2.39. The summed E-state index contributed by atoms with van der Waals surface area (Å²) in [7, 11) is 1.57. The molecular weight excluding hydrogens is 373 g/mol. The molecule has 2 N–H and O–H groups in total. The van der Waals surface area contributed by atoms with Crippen LogP contribution in [0, 0.1) is 5.41 Å². The van der Waals surface area contributed by atoms with Crippen LogP contribution in [0.4, 0.5) is 13.2 Å². The summed E-state index contributed by atoms with van der Waals surface area (Å²) >= 11 is 0. The number of amides is 1. The number of hydrogen-bond acceptors (Lipinski definition) is 4. The Labute approximate surface area is 157 Å². The fourth-order valence-corrected chi connectivity index (χ4v) is 2.90. The van der Waals surface area contributed by atoms with E-state index in [1.54, 1.807) is 19.2 Å². The van der Waals surface area contributed by atoms with Crippen LogP contribution >= 0.6 is 12.4 Å². The lowest BCUT2D eigenvalue weighted by atomic mass is 9.78. The van der Waals surface area contributed by atoms with Gasteiger partial charge in [0.25, 0.3) is 0 Å². The molecule has 26 heavy (non-hydrogen) atoms. The van der Waals surface area contributed by atoms with Crippen molar-refractivity contribution < 1.29 is 27.4 Å².